The van der Waals surface area contributed by atoms with Crippen LogP contribution in [0.25, 0.3) is 0 Å². The lowest BCUT2D eigenvalue weighted by atomic mass is 10.0. The summed E-state index contributed by atoms with van der Waals surface area (Å²) in [6.07, 6.45) is 1.04. The van der Waals surface area contributed by atoms with Crippen molar-refractivity contribution in [2.75, 3.05) is 20.8 Å². The maximum Gasteiger partial charge on any atom is 0.237 e. The van der Waals surface area contributed by atoms with Gasteiger partial charge in [-0.25, -0.2) is 0 Å². The Balaban J connectivity index is 2.00. The highest BCUT2D eigenvalue weighted by atomic mass is 16.5. The van der Waals surface area contributed by atoms with Crippen molar-refractivity contribution in [2.24, 2.45) is 5.92 Å². The first kappa shape index (κ1) is 14.7. The predicted octanol–water partition coefficient (Wildman–Crippen LogP) is 1.32. The molecule has 110 valence electrons. The molecule has 0 radical (unpaired) electrons. The molecule has 1 saturated heterocycles. The van der Waals surface area contributed by atoms with Crippen LogP contribution in [0.5, 0.6) is 11.5 Å². The van der Waals surface area contributed by atoms with Crippen molar-refractivity contribution in [1.82, 2.24) is 10.6 Å². The average Bonchev–Trinajstić information content (AvgIpc) is 2.90. The van der Waals surface area contributed by atoms with Crippen molar-refractivity contribution in [2.45, 2.75) is 25.9 Å². The molecular weight excluding hydrogens is 256 g/mol. The van der Waals surface area contributed by atoms with Crippen LogP contribution in [0.15, 0.2) is 18.2 Å². The molecule has 1 aliphatic heterocycles. The third kappa shape index (κ3) is 3.22. The summed E-state index contributed by atoms with van der Waals surface area (Å²) in [4.78, 5) is 12.1. The van der Waals surface area contributed by atoms with Gasteiger partial charge in [0.05, 0.1) is 20.3 Å². The van der Waals surface area contributed by atoms with Gasteiger partial charge in [0.25, 0.3) is 0 Å². The minimum Gasteiger partial charge on any atom is -0.497 e. The van der Waals surface area contributed by atoms with Crippen molar-refractivity contribution in [3.63, 3.8) is 0 Å². The summed E-state index contributed by atoms with van der Waals surface area (Å²) >= 11 is 0. The number of carbonyl (C=O) groups is 1. The molecule has 1 fully saturated rings. The topological polar surface area (TPSA) is 59.6 Å². The van der Waals surface area contributed by atoms with Gasteiger partial charge >= 0.3 is 0 Å². The van der Waals surface area contributed by atoms with Gasteiger partial charge in [-0.2, -0.15) is 0 Å². The number of methoxy groups -OCH3 is 2. The first-order valence-electron chi connectivity index (χ1n) is 6.87. The molecule has 0 spiro atoms. The molecule has 0 aromatic heterocycles. The molecule has 1 aromatic carbocycles. The van der Waals surface area contributed by atoms with Crippen molar-refractivity contribution in [1.29, 1.82) is 0 Å². The number of nitrogens with one attached hydrogen (secondary N) is 2. The lowest BCUT2D eigenvalue weighted by Gasteiger charge is -2.16. The second-order valence-corrected chi connectivity index (χ2v) is 5.09. The van der Waals surface area contributed by atoms with Gasteiger partial charge in [-0.1, -0.05) is 6.92 Å². The molecule has 20 heavy (non-hydrogen) atoms. The Bertz CT molecular complexity index is 476. The van der Waals surface area contributed by atoms with Crippen molar-refractivity contribution in [3.8, 4) is 11.5 Å². The number of ether oxygens (including phenoxy) is 2. The van der Waals surface area contributed by atoms with E-state index in [0.717, 1.165) is 30.0 Å². The first-order valence-corrected chi connectivity index (χ1v) is 6.87. The number of benzene rings is 1. The highest BCUT2D eigenvalue weighted by Gasteiger charge is 2.28. The highest BCUT2D eigenvalue weighted by molar-refractivity contribution is 5.82. The third-order valence-electron chi connectivity index (χ3n) is 3.76. The third-order valence-corrected chi connectivity index (χ3v) is 3.76. The quantitative estimate of drug-likeness (QED) is 0.853. The minimum absolute atomic E-state index is 0.0415. The van der Waals surface area contributed by atoms with Crippen LogP contribution in [0.3, 0.4) is 0 Å². The van der Waals surface area contributed by atoms with E-state index in [-0.39, 0.29) is 11.9 Å². The molecule has 1 aliphatic rings. The van der Waals surface area contributed by atoms with Crippen LogP contribution < -0.4 is 20.1 Å². The Morgan fingerprint density at radius 1 is 1.40 bits per heavy atom. The Morgan fingerprint density at radius 2 is 2.20 bits per heavy atom. The highest BCUT2D eigenvalue weighted by Crippen LogP contribution is 2.24. The fraction of sp³-hybridized carbons (Fsp3) is 0.533. The van der Waals surface area contributed by atoms with Gasteiger partial charge in [-0.05, 0) is 37.1 Å². The van der Waals surface area contributed by atoms with E-state index in [1.54, 1.807) is 14.2 Å². The standard InChI is InChI=1S/C15H22N2O3/c1-10-6-7-16-14(10)15(18)17-9-11-8-12(19-2)4-5-13(11)20-3/h4-5,8,10,14,16H,6-7,9H2,1-3H3,(H,17,18). The molecule has 1 heterocycles. The Kier molecular flexibility index (Phi) is 4.84. The Hall–Kier alpha value is -1.75. The van der Waals surface area contributed by atoms with Gasteiger partial charge in [0.2, 0.25) is 5.91 Å². The number of carbonyl (C=O) groups excluding carboxylic acids is 1. The van der Waals surface area contributed by atoms with Crippen LogP contribution >= 0.6 is 0 Å². The summed E-state index contributed by atoms with van der Waals surface area (Å²) in [6.45, 7) is 3.43. The molecule has 0 saturated carbocycles. The zero-order valence-corrected chi connectivity index (χ0v) is 12.2. The Labute approximate surface area is 119 Å². The monoisotopic (exact) mass is 278 g/mol. The molecule has 5 nitrogen and oxygen atoms in total. The molecule has 2 N–H and O–H groups in total. The van der Waals surface area contributed by atoms with Gasteiger partial charge in [0.1, 0.15) is 11.5 Å². The Morgan fingerprint density at radius 3 is 2.80 bits per heavy atom. The number of rotatable bonds is 5. The lowest BCUT2D eigenvalue weighted by Crippen LogP contribution is -2.42. The molecule has 1 amide bonds. The summed E-state index contributed by atoms with van der Waals surface area (Å²) in [5.74, 6) is 1.92. The van der Waals surface area contributed by atoms with E-state index in [0.29, 0.717) is 12.5 Å². The molecule has 2 atom stereocenters. The number of amides is 1. The van der Waals surface area contributed by atoms with E-state index < -0.39 is 0 Å². The van der Waals surface area contributed by atoms with Crippen LogP contribution in [0, 0.1) is 5.92 Å². The molecule has 0 bridgehead atoms. The van der Waals surface area contributed by atoms with Gasteiger partial charge in [-0.3, -0.25) is 4.79 Å². The summed E-state index contributed by atoms with van der Waals surface area (Å²) < 4.78 is 10.5. The second-order valence-electron chi connectivity index (χ2n) is 5.09. The smallest absolute Gasteiger partial charge is 0.237 e. The molecule has 1 aromatic rings. The maximum absolute atomic E-state index is 12.1. The molecule has 2 rings (SSSR count). The van der Waals surface area contributed by atoms with E-state index >= 15 is 0 Å². The molecule has 0 aliphatic carbocycles. The largest absolute Gasteiger partial charge is 0.497 e. The second kappa shape index (κ2) is 6.61. The summed E-state index contributed by atoms with van der Waals surface area (Å²) in [5, 5.41) is 6.19. The molecular formula is C15H22N2O3. The van der Waals surface area contributed by atoms with Gasteiger partial charge in [0, 0.05) is 12.1 Å². The van der Waals surface area contributed by atoms with Crippen LogP contribution in [-0.4, -0.2) is 32.7 Å². The maximum atomic E-state index is 12.1. The minimum atomic E-state index is -0.0911. The van der Waals surface area contributed by atoms with Crippen molar-refractivity contribution >= 4 is 5.91 Å². The lowest BCUT2D eigenvalue weighted by molar-refractivity contribution is -0.123. The van der Waals surface area contributed by atoms with E-state index in [1.165, 1.54) is 0 Å². The van der Waals surface area contributed by atoms with E-state index in [9.17, 15) is 4.79 Å². The van der Waals surface area contributed by atoms with Gasteiger partial charge in [0.15, 0.2) is 0 Å². The normalized spacial score (nSPS) is 21.6. The summed E-state index contributed by atoms with van der Waals surface area (Å²) in [6, 6.07) is 5.47. The van der Waals surface area contributed by atoms with Crippen molar-refractivity contribution in [3.05, 3.63) is 23.8 Å². The SMILES string of the molecule is COc1ccc(OC)c(CNC(=O)C2NCCC2C)c1. The predicted molar refractivity (Wildman–Crippen MR) is 77.0 cm³/mol. The van der Waals surface area contributed by atoms with E-state index in [4.69, 9.17) is 9.47 Å². The summed E-state index contributed by atoms with van der Waals surface area (Å²) in [7, 11) is 3.24. The number of hydrogen-bond acceptors (Lipinski definition) is 4. The number of hydrogen-bond donors (Lipinski definition) is 2. The van der Waals surface area contributed by atoms with E-state index in [2.05, 4.69) is 17.6 Å². The van der Waals surface area contributed by atoms with Crippen LogP contribution in [0.1, 0.15) is 18.9 Å². The molecule has 5 heteroatoms. The van der Waals surface area contributed by atoms with Gasteiger partial charge < -0.3 is 20.1 Å². The van der Waals surface area contributed by atoms with Crippen LogP contribution in [0.4, 0.5) is 0 Å². The van der Waals surface area contributed by atoms with E-state index in [1.807, 2.05) is 18.2 Å². The van der Waals surface area contributed by atoms with Crippen LogP contribution in [0.2, 0.25) is 0 Å². The van der Waals surface area contributed by atoms with Crippen LogP contribution in [-0.2, 0) is 11.3 Å². The summed E-state index contributed by atoms with van der Waals surface area (Å²) in [5.41, 5.74) is 0.908. The molecule has 2 unspecified atom stereocenters. The zero-order chi connectivity index (χ0) is 14.5. The fourth-order valence-electron chi connectivity index (χ4n) is 2.50. The zero-order valence-electron chi connectivity index (χ0n) is 12.2. The van der Waals surface area contributed by atoms with Crippen molar-refractivity contribution < 1.29 is 14.3 Å². The van der Waals surface area contributed by atoms with Gasteiger partial charge in [-0.15, -0.1) is 0 Å². The fourth-order valence-corrected chi connectivity index (χ4v) is 2.50. The first-order chi connectivity index (χ1) is 9.65. The average molecular weight is 278 g/mol.